The monoisotopic (exact) mass is 359 g/mol. The fraction of sp³-hybridized carbons (Fsp3) is 0.571. The Morgan fingerprint density at radius 3 is 2.50 bits per heavy atom. The Hall–Kier alpha value is -2.17. The smallest absolute Gasteiger partial charge is 0.220 e. The van der Waals surface area contributed by atoms with Gasteiger partial charge in [0.2, 0.25) is 11.7 Å². The Morgan fingerprint density at radius 1 is 1.08 bits per heavy atom. The van der Waals surface area contributed by atoms with Gasteiger partial charge in [-0.05, 0) is 56.6 Å². The fourth-order valence-corrected chi connectivity index (χ4v) is 3.85. The lowest BCUT2D eigenvalue weighted by atomic mass is 9.92. The highest BCUT2D eigenvalue weighted by atomic mass is 16.5. The molecule has 0 saturated heterocycles. The summed E-state index contributed by atoms with van der Waals surface area (Å²) in [5, 5.41) is 3.20. The highest BCUT2D eigenvalue weighted by molar-refractivity contribution is 5.76. The van der Waals surface area contributed by atoms with Gasteiger partial charge in [-0.2, -0.15) is 0 Å². The molecule has 1 fully saturated rings. The number of allylic oxidation sites excluding steroid dienone is 2. The summed E-state index contributed by atoms with van der Waals surface area (Å²) in [5.41, 5.74) is 0. The van der Waals surface area contributed by atoms with Gasteiger partial charge in [-0.15, -0.1) is 0 Å². The molecule has 142 valence electrons. The van der Waals surface area contributed by atoms with Gasteiger partial charge in [0, 0.05) is 12.5 Å². The fourth-order valence-electron chi connectivity index (χ4n) is 3.85. The van der Waals surface area contributed by atoms with Crippen LogP contribution in [0, 0.1) is 5.92 Å². The maximum absolute atomic E-state index is 12.2. The molecule has 2 aliphatic rings. The van der Waals surface area contributed by atoms with Crippen LogP contribution in [0.15, 0.2) is 30.4 Å². The molecule has 1 aromatic rings. The van der Waals surface area contributed by atoms with Crippen molar-refractivity contribution in [1.82, 2.24) is 5.32 Å². The van der Waals surface area contributed by atoms with Crippen LogP contribution >= 0.6 is 0 Å². The SMILES string of the molecule is COc1cccc(OC2CCC(NC(=O)CC3C=CCC3)CC2)c1OC. The van der Waals surface area contributed by atoms with Gasteiger partial charge >= 0.3 is 0 Å². The van der Waals surface area contributed by atoms with Crippen LogP contribution in [0.5, 0.6) is 17.2 Å². The maximum atomic E-state index is 12.2. The van der Waals surface area contributed by atoms with Crippen LogP contribution in [-0.4, -0.2) is 32.3 Å². The predicted octanol–water partition coefficient (Wildman–Crippen LogP) is 3.87. The van der Waals surface area contributed by atoms with Gasteiger partial charge in [0.25, 0.3) is 0 Å². The topological polar surface area (TPSA) is 56.8 Å². The molecule has 0 spiro atoms. The Morgan fingerprint density at radius 2 is 1.85 bits per heavy atom. The van der Waals surface area contributed by atoms with Crippen molar-refractivity contribution < 1.29 is 19.0 Å². The van der Waals surface area contributed by atoms with Crippen molar-refractivity contribution >= 4 is 5.91 Å². The molecule has 1 N–H and O–H groups in total. The third-order valence-electron chi connectivity index (χ3n) is 5.26. The third-order valence-corrected chi connectivity index (χ3v) is 5.26. The molecule has 2 aliphatic carbocycles. The second-order valence-corrected chi connectivity index (χ2v) is 7.12. The van der Waals surface area contributed by atoms with Gasteiger partial charge in [-0.3, -0.25) is 4.79 Å². The molecule has 1 amide bonds. The van der Waals surface area contributed by atoms with Crippen molar-refractivity contribution in [1.29, 1.82) is 0 Å². The minimum atomic E-state index is 0.141. The first kappa shape index (κ1) is 18.6. The molecule has 5 heteroatoms. The number of ether oxygens (including phenoxy) is 3. The van der Waals surface area contributed by atoms with Gasteiger partial charge in [-0.1, -0.05) is 18.2 Å². The summed E-state index contributed by atoms with van der Waals surface area (Å²) >= 11 is 0. The lowest BCUT2D eigenvalue weighted by Gasteiger charge is -2.30. The largest absolute Gasteiger partial charge is 0.493 e. The van der Waals surface area contributed by atoms with Gasteiger partial charge < -0.3 is 19.5 Å². The van der Waals surface area contributed by atoms with Crippen LogP contribution in [0.1, 0.15) is 44.9 Å². The number of methoxy groups -OCH3 is 2. The van der Waals surface area contributed by atoms with Gasteiger partial charge in [0.05, 0.1) is 20.3 Å². The van der Waals surface area contributed by atoms with E-state index in [1.807, 2.05) is 18.2 Å². The van der Waals surface area contributed by atoms with Gasteiger partial charge in [-0.25, -0.2) is 0 Å². The van der Waals surface area contributed by atoms with E-state index < -0.39 is 0 Å². The van der Waals surface area contributed by atoms with Crippen molar-refractivity contribution in [2.45, 2.75) is 57.1 Å². The normalized spacial score (nSPS) is 24.9. The molecular weight excluding hydrogens is 330 g/mol. The lowest BCUT2D eigenvalue weighted by molar-refractivity contribution is -0.122. The molecule has 3 rings (SSSR count). The lowest BCUT2D eigenvalue weighted by Crippen LogP contribution is -2.40. The van der Waals surface area contributed by atoms with E-state index in [4.69, 9.17) is 14.2 Å². The van der Waals surface area contributed by atoms with Crippen LogP contribution in [0.3, 0.4) is 0 Å². The van der Waals surface area contributed by atoms with Crippen molar-refractivity contribution in [3.63, 3.8) is 0 Å². The standard InChI is InChI=1S/C21H29NO4/c1-24-18-8-5-9-19(21(18)25-2)26-17-12-10-16(11-13-17)22-20(23)14-15-6-3-4-7-15/h3,5-6,8-9,15-17H,4,7,10-14H2,1-2H3,(H,22,23). The zero-order valence-electron chi connectivity index (χ0n) is 15.7. The molecule has 1 atom stereocenters. The number of hydrogen-bond acceptors (Lipinski definition) is 4. The van der Waals surface area contributed by atoms with E-state index in [9.17, 15) is 4.79 Å². The molecule has 0 radical (unpaired) electrons. The quantitative estimate of drug-likeness (QED) is 0.751. The summed E-state index contributed by atoms with van der Waals surface area (Å²) < 4.78 is 16.9. The van der Waals surface area contributed by atoms with Crippen LogP contribution in [0.4, 0.5) is 0 Å². The molecular formula is C21H29NO4. The average Bonchev–Trinajstić information content (AvgIpc) is 3.16. The molecule has 0 aromatic heterocycles. The van der Waals surface area contributed by atoms with Crippen LogP contribution in [-0.2, 0) is 4.79 Å². The summed E-state index contributed by atoms with van der Waals surface area (Å²) in [4.78, 5) is 12.2. The summed E-state index contributed by atoms with van der Waals surface area (Å²) in [6.45, 7) is 0. The van der Waals surface area contributed by atoms with E-state index in [0.29, 0.717) is 29.6 Å². The first-order valence-electron chi connectivity index (χ1n) is 9.53. The molecule has 1 aromatic carbocycles. The van der Waals surface area contributed by atoms with E-state index in [1.54, 1.807) is 14.2 Å². The number of carbonyl (C=O) groups excluding carboxylic acids is 1. The van der Waals surface area contributed by atoms with E-state index in [-0.39, 0.29) is 18.1 Å². The first-order chi connectivity index (χ1) is 12.7. The number of carbonyl (C=O) groups is 1. The minimum absolute atomic E-state index is 0.141. The molecule has 0 bridgehead atoms. The molecule has 1 saturated carbocycles. The second-order valence-electron chi connectivity index (χ2n) is 7.12. The molecule has 26 heavy (non-hydrogen) atoms. The molecule has 5 nitrogen and oxygen atoms in total. The van der Waals surface area contributed by atoms with E-state index >= 15 is 0 Å². The minimum Gasteiger partial charge on any atom is -0.493 e. The number of hydrogen-bond donors (Lipinski definition) is 1. The summed E-state index contributed by atoms with van der Waals surface area (Å²) in [6.07, 6.45) is 11.1. The van der Waals surface area contributed by atoms with Crippen molar-refractivity contribution in [2.24, 2.45) is 5.92 Å². The maximum Gasteiger partial charge on any atom is 0.220 e. The Kier molecular flexibility index (Phi) is 6.42. The molecule has 0 heterocycles. The number of rotatable bonds is 7. The third kappa shape index (κ3) is 4.71. The zero-order valence-corrected chi connectivity index (χ0v) is 15.7. The summed E-state index contributed by atoms with van der Waals surface area (Å²) in [7, 11) is 3.24. The zero-order chi connectivity index (χ0) is 18.4. The van der Waals surface area contributed by atoms with Crippen molar-refractivity contribution in [2.75, 3.05) is 14.2 Å². The van der Waals surface area contributed by atoms with Crippen LogP contribution < -0.4 is 19.5 Å². The van der Waals surface area contributed by atoms with Gasteiger partial charge in [0.1, 0.15) is 0 Å². The Balaban J connectivity index is 1.46. The first-order valence-corrected chi connectivity index (χ1v) is 9.53. The highest BCUT2D eigenvalue weighted by Gasteiger charge is 2.25. The average molecular weight is 359 g/mol. The predicted molar refractivity (Wildman–Crippen MR) is 101 cm³/mol. The number of para-hydroxylation sites is 1. The van der Waals surface area contributed by atoms with E-state index in [1.165, 1.54) is 0 Å². The Labute approximate surface area is 155 Å². The number of nitrogens with one attached hydrogen (secondary N) is 1. The number of amides is 1. The summed E-state index contributed by atoms with van der Waals surface area (Å²) in [6, 6.07) is 5.93. The van der Waals surface area contributed by atoms with E-state index in [2.05, 4.69) is 17.5 Å². The number of benzene rings is 1. The van der Waals surface area contributed by atoms with Crippen LogP contribution in [0.2, 0.25) is 0 Å². The Bertz CT molecular complexity index is 635. The second kappa shape index (κ2) is 8.97. The molecule has 0 aliphatic heterocycles. The van der Waals surface area contributed by atoms with Crippen molar-refractivity contribution in [3.05, 3.63) is 30.4 Å². The highest BCUT2D eigenvalue weighted by Crippen LogP contribution is 2.38. The van der Waals surface area contributed by atoms with E-state index in [0.717, 1.165) is 38.5 Å². The van der Waals surface area contributed by atoms with Crippen molar-refractivity contribution in [3.8, 4) is 17.2 Å². The summed E-state index contributed by atoms with van der Waals surface area (Å²) in [5.74, 6) is 2.63. The van der Waals surface area contributed by atoms with Crippen LogP contribution in [0.25, 0.3) is 0 Å². The molecule has 1 unspecified atom stereocenters. The van der Waals surface area contributed by atoms with Gasteiger partial charge in [0.15, 0.2) is 11.5 Å².